The van der Waals surface area contributed by atoms with E-state index in [1.807, 2.05) is 31.2 Å². The lowest BCUT2D eigenvalue weighted by Gasteiger charge is -2.16. The smallest absolute Gasteiger partial charge is 0.205 e. The average molecular weight is 519 g/mol. The van der Waals surface area contributed by atoms with Gasteiger partial charge in [0.05, 0.1) is 25.0 Å². The third-order valence-electron chi connectivity index (χ3n) is 5.89. The quantitative estimate of drug-likeness (QED) is 0.0951. The van der Waals surface area contributed by atoms with Gasteiger partial charge in [-0.05, 0) is 54.3 Å². The van der Waals surface area contributed by atoms with E-state index >= 15 is 0 Å². The fourth-order valence-corrected chi connectivity index (χ4v) is 3.93. The lowest BCUT2D eigenvalue weighted by molar-refractivity contribution is -0.463. The molecule has 3 aromatic rings. The highest BCUT2D eigenvalue weighted by Crippen LogP contribution is 2.34. The minimum Gasteiger partial charge on any atom is -0.507 e. The number of nitrogens with one attached hydrogen (secondary N) is 1. The van der Waals surface area contributed by atoms with Crippen LogP contribution in [0.4, 0.5) is 0 Å². The number of ketones is 1. The van der Waals surface area contributed by atoms with Gasteiger partial charge in [0.2, 0.25) is 5.22 Å². The van der Waals surface area contributed by atoms with Crippen LogP contribution < -0.4 is 20.3 Å². The van der Waals surface area contributed by atoms with Crippen LogP contribution >= 0.6 is 0 Å². The summed E-state index contributed by atoms with van der Waals surface area (Å²) in [7, 11) is 1.51. The fraction of sp³-hybridized carbons (Fsp3) is 0.250. The predicted molar refractivity (Wildman–Crippen MR) is 144 cm³/mol. The number of phenols is 1. The van der Waals surface area contributed by atoms with E-state index in [-0.39, 0.29) is 29.5 Å². The molecular weight excluding hydrogens is 486 g/mol. The van der Waals surface area contributed by atoms with Crippen LogP contribution in [0.3, 0.4) is 0 Å². The Bertz CT molecular complexity index is 1350. The lowest BCUT2D eigenvalue weighted by Crippen LogP contribution is -2.56. The number of nitrogens with zero attached hydrogens (tertiary/aromatic N) is 3. The number of hydrogen-bond acceptors (Lipinski definition) is 7. The number of rotatable bonds is 12. The summed E-state index contributed by atoms with van der Waals surface area (Å²) in [6.45, 7) is 6.98. The fourth-order valence-electron chi connectivity index (χ4n) is 3.93. The number of aromatic hydroxyl groups is 1. The highest BCUT2D eigenvalue weighted by Gasteiger charge is 2.18. The number of carbonyl (C=O) groups excluding carboxylic acids is 1. The predicted octanol–water partition coefficient (Wildman–Crippen LogP) is 2.99. The summed E-state index contributed by atoms with van der Waals surface area (Å²) in [4.78, 5) is 11.8. The van der Waals surface area contributed by atoms with Crippen molar-refractivity contribution in [2.75, 3.05) is 7.11 Å². The molecule has 198 valence electrons. The van der Waals surface area contributed by atoms with Gasteiger partial charge in [-0.25, -0.2) is 0 Å². The Balaban J connectivity index is 1.78. The van der Waals surface area contributed by atoms with Crippen LogP contribution in [-0.2, 0) is 13.0 Å². The molecule has 0 fully saturated rings. The molecule has 0 aliphatic rings. The molecule has 0 amide bonds. The maximum Gasteiger partial charge on any atom is 0.205 e. The van der Waals surface area contributed by atoms with E-state index in [9.17, 15) is 15.0 Å². The molecule has 1 unspecified atom stereocenters. The molecule has 0 spiro atoms. The van der Waals surface area contributed by atoms with Crippen LogP contribution in [0.1, 0.15) is 64.5 Å². The van der Waals surface area contributed by atoms with E-state index in [2.05, 4.69) is 27.4 Å². The number of carbonyl (C=O) groups is 1. The van der Waals surface area contributed by atoms with Gasteiger partial charge in [0.1, 0.15) is 30.0 Å². The lowest BCUT2D eigenvalue weighted by atomic mass is 9.98. The molecule has 0 bridgehead atoms. The van der Waals surface area contributed by atoms with Crippen LogP contribution in [-0.4, -0.2) is 35.7 Å². The summed E-state index contributed by atoms with van der Waals surface area (Å²) < 4.78 is 11.3. The molecule has 0 saturated heterocycles. The molecule has 0 saturated carbocycles. The van der Waals surface area contributed by atoms with Gasteiger partial charge in [-0.15, -0.1) is 0 Å². The van der Waals surface area contributed by atoms with Gasteiger partial charge >= 0.3 is 0 Å². The zero-order chi connectivity index (χ0) is 27.7. The van der Waals surface area contributed by atoms with Crippen molar-refractivity contribution in [1.29, 1.82) is 0 Å². The second kappa shape index (κ2) is 13.1. The second-order valence-corrected chi connectivity index (χ2v) is 8.47. The minimum absolute atomic E-state index is 0.0260. The standard InChI is InChI=1S/C28H31N5O5/c1-5-6-22-25(14-12-21(17(2)34)27(22)36)38-16-18-7-9-19(10-8-18)26(35)20-11-13-24(37-4)23(15-20)28(29)31-33-32-30-3/h7-15,26,35-36H,3,5-6,16H2,1-2,4H3,(H2,29,31,32)/p+1. The molecule has 3 rings (SSSR count). The van der Waals surface area contributed by atoms with Crippen LogP contribution in [0.2, 0.25) is 0 Å². The molecule has 0 aromatic heterocycles. The summed E-state index contributed by atoms with van der Waals surface area (Å²) in [6, 6.07) is 15.7. The van der Waals surface area contributed by atoms with Crippen molar-refractivity contribution in [2.24, 2.45) is 21.3 Å². The highest BCUT2D eigenvalue weighted by molar-refractivity contribution is 6.00. The van der Waals surface area contributed by atoms with E-state index in [1.54, 1.807) is 30.3 Å². The largest absolute Gasteiger partial charge is 0.507 e. The number of aliphatic hydroxyl groups excluding tert-OH is 1. The Hall–Kier alpha value is -4.57. The summed E-state index contributed by atoms with van der Waals surface area (Å²) in [6.07, 6.45) is 0.444. The monoisotopic (exact) mass is 518 g/mol. The molecule has 3 aromatic carbocycles. The van der Waals surface area contributed by atoms with Crippen molar-refractivity contribution in [3.8, 4) is 17.2 Å². The van der Waals surface area contributed by atoms with Gasteiger partial charge in [-0.1, -0.05) is 43.7 Å². The van der Waals surface area contributed by atoms with Crippen LogP contribution in [0, 0.1) is 0 Å². The third-order valence-corrected chi connectivity index (χ3v) is 5.89. The number of Topliss-reactive ketones (excluding diaryl/α,β-unsaturated/α-hetero) is 1. The molecule has 0 aliphatic heterocycles. The summed E-state index contributed by atoms with van der Waals surface area (Å²) >= 11 is 0. The first-order valence-electron chi connectivity index (χ1n) is 12.0. The molecule has 0 aliphatic carbocycles. The SMILES string of the molecule is C=[NH+]/N=N/N=C(\N)c1cc(C(O)c2ccc(COc3ccc(C(C)=O)c(O)c3CCC)cc2)ccc1OC. The second-order valence-electron chi connectivity index (χ2n) is 8.47. The van der Waals surface area contributed by atoms with Gasteiger partial charge in [0.25, 0.3) is 0 Å². The van der Waals surface area contributed by atoms with Crippen LogP contribution in [0.25, 0.3) is 0 Å². The molecule has 0 radical (unpaired) electrons. The van der Waals surface area contributed by atoms with Crippen LogP contribution in [0.15, 0.2) is 70.1 Å². The number of methoxy groups -OCH3 is 1. The molecule has 1 atom stereocenters. The van der Waals surface area contributed by atoms with E-state index < -0.39 is 6.10 Å². The van der Waals surface area contributed by atoms with E-state index in [1.165, 1.54) is 14.0 Å². The van der Waals surface area contributed by atoms with Crippen molar-refractivity contribution in [1.82, 2.24) is 0 Å². The van der Waals surface area contributed by atoms with Gasteiger partial charge < -0.3 is 25.4 Å². The Kier molecular flexibility index (Phi) is 9.66. The number of phenolic OH excluding ortho intramolecular Hbond substituents is 1. The van der Waals surface area contributed by atoms with Gasteiger partial charge in [0.15, 0.2) is 16.8 Å². The first kappa shape index (κ1) is 28.0. The van der Waals surface area contributed by atoms with Crippen molar-refractivity contribution in [3.05, 3.63) is 88.0 Å². The molecular formula is C28H32N5O5+. The van der Waals surface area contributed by atoms with Crippen molar-refractivity contribution in [3.63, 3.8) is 0 Å². The number of ether oxygens (including phenoxy) is 2. The number of hydrogen-bond donors (Lipinski definition) is 4. The Morgan fingerprint density at radius 3 is 2.39 bits per heavy atom. The number of nitrogens with two attached hydrogens (primary N) is 1. The zero-order valence-corrected chi connectivity index (χ0v) is 21.6. The molecule has 10 heteroatoms. The number of amidine groups is 1. The van der Waals surface area contributed by atoms with Gasteiger partial charge in [0, 0.05) is 10.7 Å². The average Bonchev–Trinajstić information content (AvgIpc) is 2.92. The molecule has 5 N–H and O–H groups in total. The Morgan fingerprint density at radius 2 is 1.76 bits per heavy atom. The van der Waals surface area contributed by atoms with Gasteiger partial charge in [-0.3, -0.25) is 4.79 Å². The minimum atomic E-state index is -0.933. The topological polar surface area (TPSA) is 153 Å². The van der Waals surface area contributed by atoms with Crippen LogP contribution in [0.5, 0.6) is 17.2 Å². The third kappa shape index (κ3) is 6.60. The zero-order valence-electron chi connectivity index (χ0n) is 21.6. The van der Waals surface area contributed by atoms with Crippen molar-refractivity contribution in [2.45, 2.75) is 39.4 Å². The number of aliphatic hydroxyl groups is 1. The van der Waals surface area contributed by atoms with E-state index in [0.29, 0.717) is 40.2 Å². The maximum atomic E-state index is 11.8. The molecule has 0 heterocycles. The molecule has 38 heavy (non-hydrogen) atoms. The maximum absolute atomic E-state index is 11.8. The summed E-state index contributed by atoms with van der Waals surface area (Å²) in [5.41, 5.74) is 9.50. The molecule has 10 nitrogen and oxygen atoms in total. The normalized spacial score (nSPS) is 12.4. The van der Waals surface area contributed by atoms with Gasteiger partial charge in [-0.2, -0.15) is 5.10 Å². The first-order valence-corrected chi connectivity index (χ1v) is 12.0. The summed E-state index contributed by atoms with van der Waals surface area (Å²) in [5, 5.41) is 34.5. The summed E-state index contributed by atoms with van der Waals surface area (Å²) in [5.74, 6) is 0.844. The Labute approximate surface area is 221 Å². The Morgan fingerprint density at radius 1 is 1.08 bits per heavy atom. The number of benzene rings is 3. The van der Waals surface area contributed by atoms with E-state index in [4.69, 9.17) is 15.2 Å². The van der Waals surface area contributed by atoms with Crippen molar-refractivity contribution >= 4 is 18.3 Å². The highest BCUT2D eigenvalue weighted by atomic mass is 16.5. The first-order chi connectivity index (χ1) is 18.3. The van der Waals surface area contributed by atoms with Crippen molar-refractivity contribution < 1.29 is 29.6 Å². The van der Waals surface area contributed by atoms with E-state index in [0.717, 1.165) is 12.0 Å².